The van der Waals surface area contributed by atoms with Gasteiger partial charge in [0.2, 0.25) is 0 Å². The number of nitrogens with one attached hydrogen (secondary N) is 1. The molecule has 2 rings (SSSR count). The minimum atomic E-state index is -4.26. The van der Waals surface area contributed by atoms with Gasteiger partial charge in [-0.3, -0.25) is 0 Å². The molecule has 1 saturated carbocycles. The Kier molecular flexibility index (Phi) is 5.31. The summed E-state index contributed by atoms with van der Waals surface area (Å²) in [5, 5.41) is 3.61. The van der Waals surface area contributed by atoms with Gasteiger partial charge in [-0.2, -0.15) is 13.2 Å². The molecule has 4 heteroatoms. The molecule has 0 radical (unpaired) electrons. The standard InChI is InChI=1S/C17H24F3N/c1-3-13-6-4-5-7-16(13)21-12(2)14-8-10-15(11-9-14)17(18,19)20/h8-13,16,21H,3-7H2,1-2H3. The average Bonchev–Trinajstić information content (AvgIpc) is 2.47. The molecule has 0 heterocycles. The van der Waals surface area contributed by atoms with E-state index in [-0.39, 0.29) is 6.04 Å². The van der Waals surface area contributed by atoms with E-state index in [4.69, 9.17) is 0 Å². The van der Waals surface area contributed by atoms with Crippen LogP contribution >= 0.6 is 0 Å². The fourth-order valence-electron chi connectivity index (χ4n) is 3.29. The summed E-state index contributed by atoms with van der Waals surface area (Å²) in [7, 11) is 0. The second-order valence-electron chi connectivity index (χ2n) is 6.07. The highest BCUT2D eigenvalue weighted by Gasteiger charge is 2.30. The molecule has 0 amide bonds. The van der Waals surface area contributed by atoms with E-state index < -0.39 is 11.7 Å². The lowest BCUT2D eigenvalue weighted by Gasteiger charge is -2.34. The number of rotatable bonds is 4. The monoisotopic (exact) mass is 299 g/mol. The fraction of sp³-hybridized carbons (Fsp3) is 0.647. The van der Waals surface area contributed by atoms with Gasteiger partial charge in [0, 0.05) is 12.1 Å². The van der Waals surface area contributed by atoms with Gasteiger partial charge < -0.3 is 5.32 Å². The van der Waals surface area contributed by atoms with Crippen LogP contribution in [0.5, 0.6) is 0 Å². The van der Waals surface area contributed by atoms with Crippen LogP contribution < -0.4 is 5.32 Å². The molecule has 118 valence electrons. The number of alkyl halides is 3. The van der Waals surface area contributed by atoms with Crippen LogP contribution in [0.3, 0.4) is 0 Å². The van der Waals surface area contributed by atoms with Gasteiger partial charge in [-0.05, 0) is 43.4 Å². The summed E-state index contributed by atoms with van der Waals surface area (Å²) >= 11 is 0. The smallest absolute Gasteiger partial charge is 0.307 e. The Hall–Kier alpha value is -1.03. The zero-order valence-corrected chi connectivity index (χ0v) is 12.7. The van der Waals surface area contributed by atoms with Gasteiger partial charge in [-0.25, -0.2) is 0 Å². The summed E-state index contributed by atoms with van der Waals surface area (Å²) in [6.07, 6.45) is 1.87. The number of halogens is 3. The minimum Gasteiger partial charge on any atom is -0.307 e. The van der Waals surface area contributed by atoms with Crippen LogP contribution in [-0.2, 0) is 6.18 Å². The lowest BCUT2D eigenvalue weighted by Crippen LogP contribution is -2.39. The SMILES string of the molecule is CCC1CCCCC1NC(C)c1ccc(C(F)(F)F)cc1. The third-order valence-electron chi connectivity index (χ3n) is 4.64. The Balaban J connectivity index is 2.01. The van der Waals surface area contributed by atoms with Gasteiger partial charge in [0.05, 0.1) is 5.56 Å². The molecule has 21 heavy (non-hydrogen) atoms. The second-order valence-corrected chi connectivity index (χ2v) is 6.07. The van der Waals surface area contributed by atoms with Crippen LogP contribution in [-0.4, -0.2) is 6.04 Å². The summed E-state index contributed by atoms with van der Waals surface area (Å²) in [6, 6.07) is 6.09. The predicted molar refractivity (Wildman–Crippen MR) is 79.0 cm³/mol. The third-order valence-corrected chi connectivity index (χ3v) is 4.64. The van der Waals surface area contributed by atoms with E-state index >= 15 is 0 Å². The van der Waals surface area contributed by atoms with Crippen LogP contribution in [0.15, 0.2) is 24.3 Å². The molecule has 1 nitrogen and oxygen atoms in total. The highest BCUT2D eigenvalue weighted by Crippen LogP contribution is 2.31. The largest absolute Gasteiger partial charge is 0.416 e. The van der Waals surface area contributed by atoms with Crippen LogP contribution in [0.25, 0.3) is 0 Å². The first-order valence-electron chi connectivity index (χ1n) is 7.85. The van der Waals surface area contributed by atoms with Gasteiger partial charge in [0.1, 0.15) is 0 Å². The van der Waals surface area contributed by atoms with E-state index in [2.05, 4.69) is 12.2 Å². The Morgan fingerprint density at radius 1 is 1.14 bits per heavy atom. The lowest BCUT2D eigenvalue weighted by molar-refractivity contribution is -0.137. The summed E-state index contributed by atoms with van der Waals surface area (Å²) in [5.74, 6) is 0.690. The summed E-state index contributed by atoms with van der Waals surface area (Å²) in [6.45, 7) is 4.25. The Morgan fingerprint density at radius 2 is 1.76 bits per heavy atom. The maximum absolute atomic E-state index is 12.6. The molecule has 1 N–H and O–H groups in total. The second kappa shape index (κ2) is 6.82. The summed E-state index contributed by atoms with van der Waals surface area (Å²) < 4.78 is 37.7. The van der Waals surface area contributed by atoms with E-state index in [9.17, 15) is 13.2 Å². The Bertz CT molecular complexity index is 438. The first kappa shape index (κ1) is 16.3. The number of benzene rings is 1. The highest BCUT2D eigenvalue weighted by atomic mass is 19.4. The Morgan fingerprint density at radius 3 is 2.33 bits per heavy atom. The van der Waals surface area contributed by atoms with E-state index in [0.717, 1.165) is 12.0 Å². The molecule has 0 spiro atoms. The normalized spacial score (nSPS) is 24.8. The Labute approximate surface area is 124 Å². The zero-order valence-electron chi connectivity index (χ0n) is 12.7. The van der Waals surface area contributed by atoms with Crippen LogP contribution in [0, 0.1) is 5.92 Å². The van der Waals surface area contributed by atoms with Crippen molar-refractivity contribution in [3.05, 3.63) is 35.4 Å². The first-order chi connectivity index (χ1) is 9.91. The maximum Gasteiger partial charge on any atom is 0.416 e. The molecule has 0 bridgehead atoms. The molecule has 3 unspecified atom stereocenters. The number of hydrogen-bond donors (Lipinski definition) is 1. The van der Waals surface area contributed by atoms with Crippen molar-refractivity contribution in [2.75, 3.05) is 0 Å². The van der Waals surface area contributed by atoms with Crippen molar-refractivity contribution in [3.63, 3.8) is 0 Å². The average molecular weight is 299 g/mol. The van der Waals surface area contributed by atoms with Crippen LogP contribution in [0.2, 0.25) is 0 Å². The molecule has 1 fully saturated rings. The fourth-order valence-corrected chi connectivity index (χ4v) is 3.29. The maximum atomic E-state index is 12.6. The summed E-state index contributed by atoms with van der Waals surface area (Å²) in [4.78, 5) is 0. The van der Waals surface area contributed by atoms with Crippen molar-refractivity contribution < 1.29 is 13.2 Å². The van der Waals surface area contributed by atoms with E-state index in [0.29, 0.717) is 12.0 Å². The van der Waals surface area contributed by atoms with Gasteiger partial charge in [-0.1, -0.05) is 38.3 Å². The van der Waals surface area contributed by atoms with Gasteiger partial charge >= 0.3 is 6.18 Å². The summed E-state index contributed by atoms with van der Waals surface area (Å²) in [5.41, 5.74) is 0.339. The molecule has 1 aliphatic rings. The molecule has 0 saturated heterocycles. The van der Waals surface area contributed by atoms with Crippen molar-refractivity contribution in [1.29, 1.82) is 0 Å². The zero-order chi connectivity index (χ0) is 15.5. The van der Waals surface area contributed by atoms with E-state index in [1.807, 2.05) is 6.92 Å². The van der Waals surface area contributed by atoms with Gasteiger partial charge in [-0.15, -0.1) is 0 Å². The predicted octanol–water partition coefficient (Wildman–Crippen LogP) is 5.32. The van der Waals surface area contributed by atoms with Crippen molar-refractivity contribution in [2.45, 2.75) is 64.2 Å². The molecular weight excluding hydrogens is 275 g/mol. The van der Waals surface area contributed by atoms with Gasteiger partial charge in [0.25, 0.3) is 0 Å². The highest BCUT2D eigenvalue weighted by molar-refractivity contribution is 5.26. The van der Waals surface area contributed by atoms with Crippen molar-refractivity contribution in [1.82, 2.24) is 5.32 Å². The molecule has 1 aromatic rings. The van der Waals surface area contributed by atoms with E-state index in [1.54, 1.807) is 12.1 Å². The van der Waals surface area contributed by atoms with Crippen molar-refractivity contribution >= 4 is 0 Å². The first-order valence-corrected chi connectivity index (χ1v) is 7.85. The molecule has 1 aliphatic carbocycles. The molecule has 0 aliphatic heterocycles. The van der Waals surface area contributed by atoms with Crippen LogP contribution in [0.4, 0.5) is 13.2 Å². The molecule has 0 aromatic heterocycles. The topological polar surface area (TPSA) is 12.0 Å². The van der Waals surface area contributed by atoms with Crippen molar-refractivity contribution in [2.24, 2.45) is 5.92 Å². The number of hydrogen-bond acceptors (Lipinski definition) is 1. The van der Waals surface area contributed by atoms with E-state index in [1.165, 1.54) is 37.8 Å². The van der Waals surface area contributed by atoms with Gasteiger partial charge in [0.15, 0.2) is 0 Å². The van der Waals surface area contributed by atoms with Crippen LogP contribution in [0.1, 0.15) is 63.1 Å². The molecule has 3 atom stereocenters. The third kappa shape index (κ3) is 4.22. The minimum absolute atomic E-state index is 0.0874. The van der Waals surface area contributed by atoms with Crippen molar-refractivity contribution in [3.8, 4) is 0 Å². The lowest BCUT2D eigenvalue weighted by atomic mass is 9.82. The molecular formula is C17H24F3N. The molecule has 1 aromatic carbocycles. The quantitative estimate of drug-likeness (QED) is 0.793.